The number of β-amino-alcohol motifs (C(OH)–C–C–N with tert-alkyl or cyclic N) is 1. The minimum Gasteiger partial charge on any atom is -0.507 e. The molecule has 2 aromatic carbocycles. The van der Waals surface area contributed by atoms with E-state index in [0.717, 1.165) is 136 Å². The Balaban J connectivity index is 0.557. The van der Waals surface area contributed by atoms with Crippen LogP contribution >= 0.6 is 11.3 Å². The van der Waals surface area contributed by atoms with Gasteiger partial charge in [-0.15, -0.1) is 21.5 Å². The highest BCUT2D eigenvalue weighted by Crippen LogP contribution is 2.47. The van der Waals surface area contributed by atoms with E-state index in [-0.39, 0.29) is 66.2 Å². The van der Waals surface area contributed by atoms with E-state index in [1.807, 2.05) is 87.9 Å². The zero-order valence-electron chi connectivity index (χ0n) is 47.8. The van der Waals surface area contributed by atoms with Crippen LogP contribution in [-0.2, 0) is 14.3 Å². The van der Waals surface area contributed by atoms with Gasteiger partial charge in [0.25, 0.3) is 0 Å². The number of nitrogens with one attached hydrogen (secondary N) is 1. The molecule has 9 heterocycles. The largest absolute Gasteiger partial charge is 0.507 e. The maximum absolute atomic E-state index is 14.4. The second-order valence-corrected chi connectivity index (χ2v) is 25.6. The minimum atomic E-state index is -0.803. The van der Waals surface area contributed by atoms with E-state index >= 15 is 0 Å². The van der Waals surface area contributed by atoms with Gasteiger partial charge in [-0.25, -0.2) is 9.97 Å². The number of aromatic hydroxyl groups is 1. The van der Waals surface area contributed by atoms with E-state index in [9.17, 15) is 19.8 Å². The molecule has 6 aromatic rings. The lowest BCUT2D eigenvalue weighted by Gasteiger charge is -2.41. The number of hydrogen-bond acceptors (Lipinski definition) is 18. The number of nitrogens with two attached hydrogens (primary N) is 1. The summed E-state index contributed by atoms with van der Waals surface area (Å²) in [4.78, 5) is 49.5. The van der Waals surface area contributed by atoms with Gasteiger partial charge in [0.05, 0.1) is 51.8 Å². The summed E-state index contributed by atoms with van der Waals surface area (Å²) in [6, 6.07) is 22.2. The van der Waals surface area contributed by atoms with Crippen molar-refractivity contribution < 1.29 is 33.8 Å². The van der Waals surface area contributed by atoms with Gasteiger partial charge in [-0.2, -0.15) is 0 Å². The molecule has 5 aliphatic heterocycles. The monoisotopic (exact) mass is 1130 g/mol. The van der Waals surface area contributed by atoms with E-state index in [1.54, 1.807) is 23.5 Å². The standard InChI is InChI=1S/C62H78N12O7S/c1-37(2)57(61(78)74-33-45(75)25-52(74)60(77)66-38(3)41-10-12-42(13-11-41)58-39(4)65-36-82-58)54-29-55(69-81-54)71-22-15-40(16-23-71)30-70-20-17-46(18-21-70)79-47-26-48(27-47)80-56-24-44(14-19-64-56)72-31-43-32-73(35-62(43,5)34-72)51-28-50(67-68-59(51)63)49-8-6-7-9-53(49)76/h6-14,19,24,28-29,36-38,40,43,45-48,52,57,75-76H,15-18,20-23,25-27,30-35H2,1-5H3,(H2,63,68)(H,66,77)/t38-,43+,45+,47?,48?,52-,57+,62-/m0/s1. The van der Waals surface area contributed by atoms with Crippen molar-refractivity contribution >= 4 is 46.2 Å². The smallest absolute Gasteiger partial charge is 0.243 e. The number of aliphatic hydroxyl groups excluding tert-OH is 1. The van der Waals surface area contributed by atoms with Crippen LogP contribution in [0.5, 0.6) is 11.6 Å². The number of aryl methyl sites for hydroxylation is 1. The van der Waals surface area contributed by atoms with Gasteiger partial charge in [-0.1, -0.05) is 62.3 Å². The lowest BCUT2D eigenvalue weighted by molar-refractivity contribution is -0.141. The Morgan fingerprint density at radius 1 is 0.866 bits per heavy atom. The second kappa shape index (κ2) is 23.4. The topological polar surface area (TPSA) is 225 Å². The Labute approximate surface area is 484 Å². The van der Waals surface area contributed by atoms with Crippen LogP contribution in [0.3, 0.4) is 0 Å². The van der Waals surface area contributed by atoms with Crippen LogP contribution < -0.4 is 30.5 Å². The van der Waals surface area contributed by atoms with Gasteiger partial charge in [0, 0.05) is 126 Å². The molecule has 6 aliphatic rings. The molecule has 20 heteroatoms. The summed E-state index contributed by atoms with van der Waals surface area (Å²) < 4.78 is 19.0. The maximum Gasteiger partial charge on any atom is 0.243 e. The van der Waals surface area contributed by atoms with Gasteiger partial charge in [-0.05, 0) is 86.8 Å². The molecule has 0 unspecified atom stereocenters. The maximum atomic E-state index is 14.4. The third-order valence-corrected chi connectivity index (χ3v) is 19.5. The number of rotatable bonds is 17. The number of pyridine rings is 1. The summed E-state index contributed by atoms with van der Waals surface area (Å²) in [7, 11) is 0. The van der Waals surface area contributed by atoms with E-state index < -0.39 is 18.1 Å². The fraction of sp³-hybridized carbons (Fsp3) is 0.532. The van der Waals surface area contributed by atoms with Crippen molar-refractivity contribution in [3.63, 3.8) is 0 Å². The van der Waals surface area contributed by atoms with E-state index in [4.69, 9.17) is 19.7 Å². The van der Waals surface area contributed by atoms with Crippen molar-refractivity contribution in [2.24, 2.45) is 23.2 Å². The van der Waals surface area contributed by atoms with Gasteiger partial charge >= 0.3 is 0 Å². The number of carbonyl (C=O) groups is 2. The number of para-hydroxylation sites is 1. The molecule has 434 valence electrons. The molecule has 1 saturated carbocycles. The number of nitrogens with zero attached hydrogens (tertiary/aromatic N) is 10. The molecule has 5 N–H and O–H groups in total. The zero-order valence-corrected chi connectivity index (χ0v) is 48.6. The normalized spacial score (nSPS) is 25.1. The number of carbonyl (C=O) groups excluding carboxylic acids is 2. The molecular formula is C62H78N12O7S. The molecule has 5 saturated heterocycles. The van der Waals surface area contributed by atoms with Crippen LogP contribution in [0.4, 0.5) is 23.0 Å². The number of amides is 2. The molecule has 1 aliphatic carbocycles. The number of fused-ring (bicyclic) bond motifs is 1. The first-order valence-corrected chi connectivity index (χ1v) is 30.4. The molecule has 82 heavy (non-hydrogen) atoms. The number of aliphatic hydroxyl groups is 1. The number of anilines is 4. The average Bonchev–Trinajstić information content (AvgIpc) is 4.30. The van der Waals surface area contributed by atoms with Crippen molar-refractivity contribution in [2.75, 3.05) is 85.9 Å². The van der Waals surface area contributed by atoms with Crippen molar-refractivity contribution in [1.29, 1.82) is 0 Å². The quantitative estimate of drug-likeness (QED) is 0.0677. The molecule has 0 radical (unpaired) electrons. The summed E-state index contributed by atoms with van der Waals surface area (Å²) >= 11 is 1.60. The molecule has 2 amide bonds. The molecule has 6 fully saturated rings. The predicted molar refractivity (Wildman–Crippen MR) is 316 cm³/mol. The van der Waals surface area contributed by atoms with Gasteiger partial charge in [-0.3, -0.25) is 9.59 Å². The third-order valence-electron chi connectivity index (χ3n) is 18.5. The first-order valence-electron chi connectivity index (χ1n) is 29.5. The van der Waals surface area contributed by atoms with Gasteiger partial charge in [0.2, 0.25) is 17.7 Å². The first kappa shape index (κ1) is 55.7. The molecule has 19 nitrogen and oxygen atoms in total. The number of thiazole rings is 1. The molecular weight excluding hydrogens is 1060 g/mol. The van der Waals surface area contributed by atoms with Crippen molar-refractivity contribution in [3.05, 3.63) is 102 Å². The molecule has 12 rings (SSSR count). The lowest BCUT2D eigenvalue weighted by Crippen LogP contribution is -2.48. The Morgan fingerprint density at radius 2 is 1.62 bits per heavy atom. The Hall–Kier alpha value is -6.87. The van der Waals surface area contributed by atoms with Gasteiger partial charge < -0.3 is 59.8 Å². The molecule has 6 atom stereocenters. The van der Waals surface area contributed by atoms with Gasteiger partial charge in [0.15, 0.2) is 17.4 Å². The van der Waals surface area contributed by atoms with Crippen LogP contribution in [-0.4, -0.2) is 153 Å². The summed E-state index contributed by atoms with van der Waals surface area (Å²) in [5, 5.41) is 37.4. The minimum absolute atomic E-state index is 0.0483. The van der Waals surface area contributed by atoms with Crippen LogP contribution in [0.2, 0.25) is 0 Å². The van der Waals surface area contributed by atoms with Crippen molar-refractivity contribution in [2.45, 2.75) is 122 Å². The zero-order chi connectivity index (χ0) is 56.8. The fourth-order valence-electron chi connectivity index (χ4n) is 13.6. The third kappa shape index (κ3) is 11.7. The van der Waals surface area contributed by atoms with E-state index in [0.29, 0.717) is 40.6 Å². The van der Waals surface area contributed by atoms with Crippen molar-refractivity contribution in [1.82, 2.24) is 40.4 Å². The highest BCUT2D eigenvalue weighted by Gasteiger charge is 2.50. The number of phenols is 1. The second-order valence-electron chi connectivity index (χ2n) is 24.7. The summed E-state index contributed by atoms with van der Waals surface area (Å²) in [5.74, 6) is 2.16. The SMILES string of the molecule is Cc1ncsc1-c1ccc([C@H](C)NC(=O)[C@@H]2C[C@@H](O)CN2C(=O)[C@@H](c2cc(N3CCC(CN4CCC(OC5CC(Oc6cc(N7C[C@@H]8CN(c9cc(-c%10ccccc%10O)nnc9N)C[C@]8(C)C7)ccn6)C5)CC4)CC3)no2)C(C)C)cc1. The lowest BCUT2D eigenvalue weighted by atomic mass is 9.83. The van der Waals surface area contributed by atoms with Gasteiger partial charge in [0.1, 0.15) is 23.8 Å². The summed E-state index contributed by atoms with van der Waals surface area (Å²) in [6.07, 6.45) is 7.70. The summed E-state index contributed by atoms with van der Waals surface area (Å²) in [5.41, 5.74) is 14.5. The molecule has 4 aromatic heterocycles. The summed E-state index contributed by atoms with van der Waals surface area (Å²) in [6.45, 7) is 18.7. The Kier molecular flexibility index (Phi) is 15.9. The predicted octanol–water partition coefficient (Wildman–Crippen LogP) is 8.10. The highest BCUT2D eigenvalue weighted by atomic mass is 32.1. The molecule has 0 spiro atoms. The fourth-order valence-corrected chi connectivity index (χ4v) is 14.5. The number of ether oxygens (including phenoxy) is 2. The van der Waals surface area contributed by atoms with Crippen LogP contribution in [0, 0.1) is 30.1 Å². The number of nitrogen functional groups attached to an aromatic ring is 1. The Bertz CT molecular complexity index is 3210. The van der Waals surface area contributed by atoms with Crippen LogP contribution in [0.1, 0.15) is 102 Å². The van der Waals surface area contributed by atoms with Crippen LogP contribution in [0.15, 0.2) is 89.0 Å². The molecule has 0 bridgehead atoms. The van der Waals surface area contributed by atoms with E-state index in [1.165, 1.54) is 4.90 Å². The number of piperidine rings is 2. The number of phenolic OH excluding ortho intramolecular Hbond substituents is 1. The number of aromatic nitrogens is 5. The Morgan fingerprint density at radius 3 is 2.35 bits per heavy atom. The first-order chi connectivity index (χ1) is 39.6. The highest BCUT2D eigenvalue weighted by molar-refractivity contribution is 7.13. The van der Waals surface area contributed by atoms with E-state index in [2.05, 4.69) is 69.3 Å². The number of likely N-dealkylation sites (tertiary alicyclic amines) is 2. The van der Waals surface area contributed by atoms with Crippen LogP contribution in [0.25, 0.3) is 21.7 Å². The number of hydrogen-bond donors (Lipinski definition) is 4. The number of benzene rings is 2. The van der Waals surface area contributed by atoms with Crippen molar-refractivity contribution in [3.8, 4) is 33.3 Å². The average molecular weight is 1140 g/mol.